The number of rotatable bonds is 4. The van der Waals surface area contributed by atoms with Crippen molar-refractivity contribution < 1.29 is 4.79 Å². The maximum Gasteiger partial charge on any atom is 0.220 e. The summed E-state index contributed by atoms with van der Waals surface area (Å²) >= 11 is 0. The highest BCUT2D eigenvalue weighted by Crippen LogP contribution is 2.44. The molecule has 1 aromatic heterocycles. The van der Waals surface area contributed by atoms with E-state index in [1.54, 1.807) is 0 Å². The summed E-state index contributed by atoms with van der Waals surface area (Å²) in [4.78, 5) is 12.1. The van der Waals surface area contributed by atoms with Crippen molar-refractivity contribution in [1.29, 1.82) is 0 Å². The van der Waals surface area contributed by atoms with E-state index < -0.39 is 0 Å². The molecule has 0 radical (unpaired) electrons. The zero-order valence-corrected chi connectivity index (χ0v) is 11.7. The summed E-state index contributed by atoms with van der Waals surface area (Å²) in [5, 5.41) is 10.5. The van der Waals surface area contributed by atoms with Crippen LogP contribution in [-0.2, 0) is 24.2 Å². The average Bonchev–Trinajstić information content (AvgIpc) is 3.17. The maximum absolute atomic E-state index is 12.1. The average molecular weight is 271 g/mol. The highest BCUT2D eigenvalue weighted by Gasteiger charge is 2.36. The first-order chi connectivity index (χ1) is 9.79. The van der Waals surface area contributed by atoms with Gasteiger partial charge >= 0.3 is 0 Å². The first-order valence-electron chi connectivity index (χ1n) is 7.79. The largest absolute Gasteiger partial charge is 0.350 e. The molecule has 1 fully saturated rings. The lowest BCUT2D eigenvalue weighted by Crippen LogP contribution is -2.26. The van der Waals surface area contributed by atoms with Crippen LogP contribution in [0, 0.1) is 17.8 Å². The van der Waals surface area contributed by atoms with Crippen LogP contribution in [0.3, 0.4) is 0 Å². The van der Waals surface area contributed by atoms with Crippen LogP contribution in [0.2, 0.25) is 0 Å². The van der Waals surface area contributed by atoms with Crippen LogP contribution in [0.5, 0.6) is 0 Å². The predicted octanol–water partition coefficient (Wildman–Crippen LogP) is 2.12. The fraction of sp³-hybridized carbons (Fsp3) is 0.625. The molecule has 0 spiro atoms. The zero-order valence-electron chi connectivity index (χ0n) is 11.7. The summed E-state index contributed by atoms with van der Waals surface area (Å²) in [7, 11) is 0. The first-order valence-corrected chi connectivity index (χ1v) is 7.79. The standard InChI is InChI=1S/C16H21N3O/c20-16(8-12-7-10-4-5-11(12)6-10)17-9-15-13-2-1-3-14(13)18-19-15/h4-5,10-12H,1-3,6-9H2,(H,17,20)(H,18,19)/t10-,11+,12+/m1/s1. The third-order valence-electron chi connectivity index (χ3n) is 5.21. The number of aromatic nitrogens is 2. The van der Waals surface area contributed by atoms with Crippen molar-refractivity contribution in [2.24, 2.45) is 17.8 Å². The summed E-state index contributed by atoms with van der Waals surface area (Å²) in [5.41, 5.74) is 3.65. The monoisotopic (exact) mass is 271 g/mol. The van der Waals surface area contributed by atoms with Crippen LogP contribution < -0.4 is 5.32 Å². The fourth-order valence-electron chi connectivity index (χ4n) is 4.16. The lowest BCUT2D eigenvalue weighted by atomic mass is 9.90. The SMILES string of the molecule is O=C(C[C@@H]1C[C@@H]2C=C[C@H]1C2)NCc1n[nH]c2c1CCC2. The van der Waals surface area contributed by atoms with Gasteiger partial charge in [-0.05, 0) is 55.4 Å². The lowest BCUT2D eigenvalue weighted by molar-refractivity contribution is -0.122. The van der Waals surface area contributed by atoms with Gasteiger partial charge in [0.1, 0.15) is 0 Å². The van der Waals surface area contributed by atoms with E-state index in [9.17, 15) is 4.79 Å². The highest BCUT2D eigenvalue weighted by atomic mass is 16.1. The third-order valence-corrected chi connectivity index (χ3v) is 5.21. The molecule has 20 heavy (non-hydrogen) atoms. The van der Waals surface area contributed by atoms with Gasteiger partial charge in [-0.3, -0.25) is 9.89 Å². The number of nitrogens with one attached hydrogen (secondary N) is 2. The Kier molecular flexibility index (Phi) is 2.90. The van der Waals surface area contributed by atoms with E-state index in [1.165, 1.54) is 30.5 Å². The number of fused-ring (bicyclic) bond motifs is 3. The molecule has 3 aliphatic rings. The van der Waals surface area contributed by atoms with Gasteiger partial charge in [-0.1, -0.05) is 12.2 Å². The number of nitrogens with zero attached hydrogens (tertiary/aromatic N) is 1. The summed E-state index contributed by atoms with van der Waals surface area (Å²) in [6.07, 6.45) is 11.2. The molecule has 0 unspecified atom stereocenters. The summed E-state index contributed by atoms with van der Waals surface area (Å²) in [6, 6.07) is 0. The van der Waals surface area contributed by atoms with Crippen molar-refractivity contribution >= 4 is 5.91 Å². The Morgan fingerprint density at radius 3 is 3.10 bits per heavy atom. The highest BCUT2D eigenvalue weighted by molar-refractivity contribution is 5.76. The van der Waals surface area contributed by atoms with E-state index in [0.717, 1.165) is 24.5 Å². The minimum absolute atomic E-state index is 0.186. The molecule has 0 aromatic carbocycles. The van der Waals surface area contributed by atoms with Crippen molar-refractivity contribution in [2.75, 3.05) is 0 Å². The number of aromatic amines is 1. The molecule has 2 bridgehead atoms. The van der Waals surface area contributed by atoms with Crippen molar-refractivity contribution in [1.82, 2.24) is 15.5 Å². The Morgan fingerprint density at radius 1 is 1.35 bits per heavy atom. The van der Waals surface area contributed by atoms with Crippen molar-refractivity contribution in [2.45, 2.75) is 45.1 Å². The molecule has 1 aromatic rings. The van der Waals surface area contributed by atoms with Gasteiger partial charge in [-0.15, -0.1) is 0 Å². The molecule has 3 aliphatic carbocycles. The van der Waals surface area contributed by atoms with E-state index in [0.29, 0.717) is 24.8 Å². The number of aryl methyl sites for hydroxylation is 1. The van der Waals surface area contributed by atoms with Gasteiger partial charge in [0.05, 0.1) is 12.2 Å². The Bertz CT molecular complexity index is 560. The zero-order chi connectivity index (χ0) is 13.5. The number of allylic oxidation sites excluding steroid dienone is 2. The molecular formula is C16H21N3O. The molecule has 2 N–H and O–H groups in total. The van der Waals surface area contributed by atoms with Crippen molar-refractivity contribution in [3.8, 4) is 0 Å². The number of hydrogen-bond acceptors (Lipinski definition) is 2. The minimum Gasteiger partial charge on any atom is -0.350 e. The van der Waals surface area contributed by atoms with Gasteiger partial charge in [0.15, 0.2) is 0 Å². The Balaban J connectivity index is 1.31. The van der Waals surface area contributed by atoms with E-state index in [1.807, 2.05) is 0 Å². The van der Waals surface area contributed by atoms with E-state index in [2.05, 4.69) is 27.7 Å². The van der Waals surface area contributed by atoms with Gasteiger partial charge < -0.3 is 5.32 Å². The topological polar surface area (TPSA) is 57.8 Å². The Labute approximate surface area is 119 Å². The second kappa shape index (κ2) is 4.76. The van der Waals surface area contributed by atoms with Gasteiger partial charge in [-0.25, -0.2) is 0 Å². The van der Waals surface area contributed by atoms with Gasteiger partial charge in [0, 0.05) is 12.1 Å². The summed E-state index contributed by atoms with van der Waals surface area (Å²) < 4.78 is 0. The molecule has 0 aliphatic heterocycles. The van der Waals surface area contributed by atoms with Crippen LogP contribution in [-0.4, -0.2) is 16.1 Å². The van der Waals surface area contributed by atoms with Crippen LogP contribution >= 0.6 is 0 Å². The molecule has 1 saturated carbocycles. The fourth-order valence-corrected chi connectivity index (χ4v) is 4.16. The smallest absolute Gasteiger partial charge is 0.220 e. The number of hydrogen-bond donors (Lipinski definition) is 2. The summed E-state index contributed by atoms with van der Waals surface area (Å²) in [6.45, 7) is 0.585. The molecule has 3 atom stereocenters. The molecular weight excluding hydrogens is 250 g/mol. The quantitative estimate of drug-likeness (QED) is 0.824. The van der Waals surface area contributed by atoms with Crippen molar-refractivity contribution in [3.05, 3.63) is 29.1 Å². The van der Waals surface area contributed by atoms with Crippen molar-refractivity contribution in [3.63, 3.8) is 0 Å². The second-order valence-corrected chi connectivity index (χ2v) is 6.50. The Morgan fingerprint density at radius 2 is 2.30 bits per heavy atom. The van der Waals surface area contributed by atoms with Crippen LogP contribution in [0.25, 0.3) is 0 Å². The summed E-state index contributed by atoms with van der Waals surface area (Å²) in [5.74, 6) is 2.15. The lowest BCUT2D eigenvalue weighted by Gasteiger charge is -2.17. The Hall–Kier alpha value is -1.58. The molecule has 4 nitrogen and oxygen atoms in total. The molecule has 4 heteroatoms. The molecule has 1 amide bonds. The van der Waals surface area contributed by atoms with E-state index in [4.69, 9.17) is 0 Å². The minimum atomic E-state index is 0.186. The molecule has 106 valence electrons. The van der Waals surface area contributed by atoms with Crippen LogP contribution in [0.4, 0.5) is 0 Å². The van der Waals surface area contributed by atoms with Gasteiger partial charge in [-0.2, -0.15) is 5.10 Å². The number of carbonyl (C=O) groups is 1. The van der Waals surface area contributed by atoms with Gasteiger partial charge in [0.2, 0.25) is 5.91 Å². The first kappa shape index (κ1) is 12.2. The predicted molar refractivity (Wildman–Crippen MR) is 75.9 cm³/mol. The molecule has 4 rings (SSSR count). The molecule has 0 saturated heterocycles. The third kappa shape index (κ3) is 2.07. The molecule has 1 heterocycles. The number of amides is 1. The normalized spacial score (nSPS) is 29.9. The van der Waals surface area contributed by atoms with E-state index in [-0.39, 0.29) is 5.91 Å². The van der Waals surface area contributed by atoms with Crippen LogP contribution in [0.1, 0.15) is 42.6 Å². The van der Waals surface area contributed by atoms with Gasteiger partial charge in [0.25, 0.3) is 0 Å². The maximum atomic E-state index is 12.1. The number of H-pyrrole nitrogens is 1. The van der Waals surface area contributed by atoms with Crippen LogP contribution in [0.15, 0.2) is 12.2 Å². The number of carbonyl (C=O) groups excluding carboxylic acids is 1. The second-order valence-electron chi connectivity index (χ2n) is 6.50. The van der Waals surface area contributed by atoms with E-state index >= 15 is 0 Å².